The molecule has 3 rings (SSSR count). The van der Waals surface area contributed by atoms with E-state index in [-0.39, 0.29) is 6.15 Å². The maximum atomic E-state index is 6.34. The first-order valence-electron chi connectivity index (χ1n) is 9.24. The van der Waals surface area contributed by atoms with Gasteiger partial charge < -0.3 is 16.2 Å². The third-order valence-corrected chi connectivity index (χ3v) is 4.84. The molecule has 0 unspecified atom stereocenters. The van der Waals surface area contributed by atoms with Gasteiger partial charge in [0.05, 0.1) is 0 Å². The number of aryl methyl sites for hydroxylation is 2. The Balaban J connectivity index is 0.00000243. The molecule has 3 aromatic carbocycles. The van der Waals surface area contributed by atoms with Crippen molar-refractivity contribution in [3.05, 3.63) is 65.2 Å². The van der Waals surface area contributed by atoms with Gasteiger partial charge in [0.2, 0.25) is 0 Å². The van der Waals surface area contributed by atoms with E-state index in [0.717, 1.165) is 42.1 Å². The van der Waals surface area contributed by atoms with E-state index >= 15 is 0 Å². The van der Waals surface area contributed by atoms with E-state index in [1.165, 1.54) is 21.9 Å². The Hall–Kier alpha value is -2.52. The molecule has 0 spiro atoms. The lowest BCUT2D eigenvalue weighted by Crippen LogP contribution is -2.00. The van der Waals surface area contributed by atoms with Crippen LogP contribution in [0.3, 0.4) is 0 Å². The summed E-state index contributed by atoms with van der Waals surface area (Å²) >= 11 is 0. The van der Waals surface area contributed by atoms with Gasteiger partial charge in [-0.3, -0.25) is 0 Å². The van der Waals surface area contributed by atoms with Crippen LogP contribution in [0.5, 0.6) is 11.5 Å². The van der Waals surface area contributed by atoms with Crippen molar-refractivity contribution in [2.24, 2.45) is 0 Å². The molecule has 0 saturated heterocycles. The standard InChI is InChI=1S/C23H27NO.H3N/c1-5-17-14-15-20-19(18(17)6-2)10-8-13-23(20)25-22-12-9-11-21(16(22)4)24-7-3;/h8-15,24H,5-7H2,1-4H3;1H3. The van der Waals surface area contributed by atoms with Crippen LogP contribution in [0.15, 0.2) is 48.5 Å². The Bertz CT molecular complexity index is 887. The van der Waals surface area contributed by atoms with E-state index in [1.807, 2.05) is 12.1 Å². The van der Waals surface area contributed by atoms with Crippen LogP contribution in [0, 0.1) is 6.92 Å². The summed E-state index contributed by atoms with van der Waals surface area (Å²) in [6.07, 6.45) is 2.10. The van der Waals surface area contributed by atoms with Crippen molar-refractivity contribution in [2.75, 3.05) is 11.9 Å². The number of nitrogens with one attached hydrogen (secondary N) is 1. The van der Waals surface area contributed by atoms with Crippen LogP contribution in [0.1, 0.15) is 37.5 Å². The summed E-state index contributed by atoms with van der Waals surface area (Å²) in [4.78, 5) is 0. The summed E-state index contributed by atoms with van der Waals surface area (Å²) in [6.45, 7) is 9.56. The summed E-state index contributed by atoms with van der Waals surface area (Å²) in [5.41, 5.74) is 5.13. The molecule has 0 saturated carbocycles. The van der Waals surface area contributed by atoms with E-state index in [9.17, 15) is 0 Å². The van der Waals surface area contributed by atoms with Crippen LogP contribution in [-0.4, -0.2) is 6.54 Å². The predicted octanol–water partition coefficient (Wildman–Crippen LogP) is 6.66. The second-order valence-electron chi connectivity index (χ2n) is 6.32. The number of ether oxygens (including phenoxy) is 1. The molecule has 0 aliphatic rings. The van der Waals surface area contributed by atoms with E-state index in [4.69, 9.17) is 4.74 Å². The first-order chi connectivity index (χ1) is 12.2. The zero-order chi connectivity index (χ0) is 17.8. The molecular weight excluding hydrogens is 320 g/mol. The third-order valence-electron chi connectivity index (χ3n) is 4.84. The van der Waals surface area contributed by atoms with Crippen molar-refractivity contribution >= 4 is 16.5 Å². The fourth-order valence-corrected chi connectivity index (χ4v) is 3.50. The molecule has 138 valence electrons. The second-order valence-corrected chi connectivity index (χ2v) is 6.32. The van der Waals surface area contributed by atoms with Crippen LogP contribution in [0.25, 0.3) is 10.8 Å². The fraction of sp³-hybridized carbons (Fsp3) is 0.304. The maximum Gasteiger partial charge on any atom is 0.135 e. The predicted molar refractivity (Wildman–Crippen MR) is 113 cm³/mol. The Morgan fingerprint density at radius 1 is 0.808 bits per heavy atom. The zero-order valence-corrected chi connectivity index (χ0v) is 16.4. The lowest BCUT2D eigenvalue weighted by molar-refractivity contribution is 0.485. The molecule has 0 amide bonds. The average molecular weight is 351 g/mol. The van der Waals surface area contributed by atoms with Gasteiger partial charge in [0, 0.05) is 23.2 Å². The maximum absolute atomic E-state index is 6.34. The molecule has 0 heterocycles. The Morgan fingerprint density at radius 3 is 2.23 bits per heavy atom. The Morgan fingerprint density at radius 2 is 1.54 bits per heavy atom. The van der Waals surface area contributed by atoms with Gasteiger partial charge in [-0.25, -0.2) is 0 Å². The highest BCUT2D eigenvalue weighted by Gasteiger charge is 2.11. The summed E-state index contributed by atoms with van der Waals surface area (Å²) in [5.74, 6) is 1.83. The van der Waals surface area contributed by atoms with Crippen LogP contribution in [0.4, 0.5) is 5.69 Å². The summed E-state index contributed by atoms with van der Waals surface area (Å²) in [5, 5.41) is 5.88. The molecule has 0 fully saturated rings. The zero-order valence-electron chi connectivity index (χ0n) is 16.4. The first kappa shape index (κ1) is 19.8. The second kappa shape index (κ2) is 8.72. The summed E-state index contributed by atoms with van der Waals surface area (Å²) < 4.78 is 6.34. The minimum atomic E-state index is 0. The molecule has 0 bridgehead atoms. The SMILES string of the molecule is CCNc1cccc(Oc2cccc3c(CC)c(CC)ccc23)c1C.N. The van der Waals surface area contributed by atoms with E-state index in [2.05, 4.69) is 69.4 Å². The minimum Gasteiger partial charge on any atom is -0.456 e. The highest BCUT2D eigenvalue weighted by Crippen LogP contribution is 2.36. The van der Waals surface area contributed by atoms with E-state index in [0.29, 0.717) is 0 Å². The molecule has 26 heavy (non-hydrogen) atoms. The lowest BCUT2D eigenvalue weighted by atomic mass is 9.95. The first-order valence-corrected chi connectivity index (χ1v) is 9.24. The number of hydrogen-bond acceptors (Lipinski definition) is 3. The number of anilines is 1. The van der Waals surface area contributed by atoms with E-state index < -0.39 is 0 Å². The highest BCUT2D eigenvalue weighted by molar-refractivity contribution is 5.92. The molecular formula is C23H30N2O. The van der Waals surface area contributed by atoms with Crippen molar-refractivity contribution in [2.45, 2.75) is 40.5 Å². The van der Waals surface area contributed by atoms with Crippen molar-refractivity contribution in [3.63, 3.8) is 0 Å². The van der Waals surface area contributed by atoms with E-state index in [1.54, 1.807) is 0 Å². The van der Waals surface area contributed by atoms with Crippen molar-refractivity contribution < 1.29 is 4.74 Å². The van der Waals surface area contributed by atoms with Crippen LogP contribution < -0.4 is 16.2 Å². The molecule has 4 N–H and O–H groups in total. The summed E-state index contributed by atoms with van der Waals surface area (Å²) in [6, 6.07) is 17.0. The van der Waals surface area contributed by atoms with Gasteiger partial charge in [0.25, 0.3) is 0 Å². The van der Waals surface area contributed by atoms with Gasteiger partial charge in [0.15, 0.2) is 0 Å². The lowest BCUT2D eigenvalue weighted by Gasteiger charge is -2.16. The smallest absolute Gasteiger partial charge is 0.135 e. The van der Waals surface area contributed by atoms with Gasteiger partial charge in [-0.15, -0.1) is 0 Å². The average Bonchev–Trinajstić information content (AvgIpc) is 2.64. The van der Waals surface area contributed by atoms with Gasteiger partial charge in [-0.1, -0.05) is 44.2 Å². The molecule has 3 aromatic rings. The Kier molecular flexibility index (Phi) is 6.64. The van der Waals surface area contributed by atoms with Crippen LogP contribution in [-0.2, 0) is 12.8 Å². The molecule has 3 nitrogen and oxygen atoms in total. The largest absolute Gasteiger partial charge is 0.456 e. The molecule has 0 aromatic heterocycles. The number of fused-ring (bicyclic) bond motifs is 1. The number of rotatable bonds is 6. The molecule has 3 heteroatoms. The van der Waals surface area contributed by atoms with Crippen molar-refractivity contribution in [1.82, 2.24) is 6.15 Å². The van der Waals surface area contributed by atoms with Crippen LogP contribution >= 0.6 is 0 Å². The summed E-state index contributed by atoms with van der Waals surface area (Å²) in [7, 11) is 0. The number of benzene rings is 3. The Labute approximate surface area is 157 Å². The minimum absolute atomic E-state index is 0. The molecule has 0 radical (unpaired) electrons. The molecule has 0 aliphatic heterocycles. The molecule has 0 atom stereocenters. The highest BCUT2D eigenvalue weighted by atomic mass is 16.5. The van der Waals surface area contributed by atoms with Gasteiger partial charge in [-0.2, -0.15) is 0 Å². The normalized spacial score (nSPS) is 10.5. The quantitative estimate of drug-likeness (QED) is 0.522. The van der Waals surface area contributed by atoms with Crippen molar-refractivity contribution in [1.29, 1.82) is 0 Å². The van der Waals surface area contributed by atoms with Crippen LogP contribution in [0.2, 0.25) is 0 Å². The fourth-order valence-electron chi connectivity index (χ4n) is 3.50. The van der Waals surface area contributed by atoms with Gasteiger partial charge >= 0.3 is 0 Å². The monoisotopic (exact) mass is 350 g/mol. The molecule has 0 aliphatic carbocycles. The third kappa shape index (κ3) is 3.68. The number of hydrogen-bond donors (Lipinski definition) is 2. The van der Waals surface area contributed by atoms with Crippen molar-refractivity contribution in [3.8, 4) is 11.5 Å². The van der Waals surface area contributed by atoms with Gasteiger partial charge in [0.1, 0.15) is 11.5 Å². The van der Waals surface area contributed by atoms with Gasteiger partial charge in [-0.05, 0) is 61.4 Å². The topological polar surface area (TPSA) is 56.3 Å².